The highest BCUT2D eigenvalue weighted by atomic mass is 19.4. The number of nitrogens with one attached hydrogen (secondary N) is 2. The van der Waals surface area contributed by atoms with E-state index in [0.29, 0.717) is 17.8 Å². The van der Waals surface area contributed by atoms with Gasteiger partial charge in [-0.3, -0.25) is 4.79 Å². The Morgan fingerprint density at radius 2 is 2.00 bits per heavy atom. The van der Waals surface area contributed by atoms with Gasteiger partial charge in [-0.25, -0.2) is 9.69 Å². The molecule has 0 spiro atoms. The first-order valence-electron chi connectivity index (χ1n) is 10.3. The molecule has 1 saturated heterocycles. The Hall–Kier alpha value is -3.70. The minimum absolute atomic E-state index is 0.114. The third-order valence-corrected chi connectivity index (χ3v) is 5.40. The van der Waals surface area contributed by atoms with Gasteiger partial charge in [-0.1, -0.05) is 6.92 Å². The molecule has 174 valence electrons. The molecule has 1 aromatic carbocycles. The molecule has 33 heavy (non-hydrogen) atoms. The molecule has 12 heteroatoms. The summed E-state index contributed by atoms with van der Waals surface area (Å²) in [5.74, 6) is 0.573. The van der Waals surface area contributed by atoms with E-state index in [1.54, 1.807) is 13.8 Å². The fourth-order valence-electron chi connectivity index (χ4n) is 3.64. The number of aromatic amines is 1. The standard InChI is InChI=1S/C21H21F3N6O3/c1-4-14-9-33-20(32)30(14)19-27-11(3)26-18(29-19)25-10(2)15-8-12-7-13(21(22,23)24)5-6-16(12)28-17(15)31/h5-8,10,14H,4,9H2,1-3H3,(H,28,31)(H,25,26,27,29)/t10-,14-/m0/s1. The first kappa shape index (κ1) is 22.5. The molecule has 0 saturated carbocycles. The number of H-pyrrole nitrogens is 1. The number of pyridine rings is 1. The maximum absolute atomic E-state index is 13.1. The Bertz CT molecular complexity index is 1280. The molecule has 0 aliphatic carbocycles. The van der Waals surface area contributed by atoms with E-state index in [-0.39, 0.29) is 35.5 Å². The van der Waals surface area contributed by atoms with Crippen molar-refractivity contribution in [2.45, 2.75) is 45.5 Å². The molecule has 3 aromatic rings. The normalized spacial score (nSPS) is 17.3. The first-order valence-corrected chi connectivity index (χ1v) is 10.3. The van der Waals surface area contributed by atoms with Crippen LogP contribution in [0.25, 0.3) is 10.9 Å². The van der Waals surface area contributed by atoms with Gasteiger partial charge in [-0.05, 0) is 49.9 Å². The predicted molar refractivity (Wildman–Crippen MR) is 114 cm³/mol. The summed E-state index contributed by atoms with van der Waals surface area (Å²) in [5.41, 5.74) is -0.773. The van der Waals surface area contributed by atoms with Gasteiger partial charge in [0.2, 0.25) is 11.9 Å². The highest BCUT2D eigenvalue weighted by Crippen LogP contribution is 2.31. The summed E-state index contributed by atoms with van der Waals surface area (Å²) in [6.45, 7) is 5.42. The second-order valence-electron chi connectivity index (χ2n) is 7.73. The van der Waals surface area contributed by atoms with Crippen LogP contribution >= 0.6 is 0 Å². The molecule has 2 atom stereocenters. The van der Waals surface area contributed by atoms with Gasteiger partial charge in [-0.2, -0.15) is 28.1 Å². The smallest absolute Gasteiger partial charge is 0.417 e. The number of rotatable bonds is 5. The van der Waals surface area contributed by atoms with Crippen molar-refractivity contribution in [1.82, 2.24) is 19.9 Å². The summed E-state index contributed by atoms with van der Waals surface area (Å²) in [5, 5.41) is 3.22. The maximum Gasteiger partial charge on any atom is 0.417 e. The number of nitrogens with zero attached hydrogens (tertiary/aromatic N) is 4. The van der Waals surface area contributed by atoms with Crippen molar-refractivity contribution in [2.75, 3.05) is 16.8 Å². The number of carbonyl (C=O) groups is 1. The largest absolute Gasteiger partial charge is 0.447 e. The number of aromatic nitrogens is 4. The SMILES string of the molecule is CC[C@H]1COC(=O)N1c1nc(C)nc(N[C@@H](C)c2cc3cc(C(F)(F)F)ccc3[nH]c2=O)n1. The zero-order valence-electron chi connectivity index (χ0n) is 18.0. The minimum atomic E-state index is -4.50. The van der Waals surface area contributed by atoms with E-state index in [2.05, 4.69) is 25.3 Å². The van der Waals surface area contributed by atoms with Crippen LogP contribution in [0.2, 0.25) is 0 Å². The van der Waals surface area contributed by atoms with Crippen molar-refractivity contribution in [3.05, 3.63) is 51.6 Å². The number of alkyl halides is 3. The molecular weight excluding hydrogens is 441 g/mol. The van der Waals surface area contributed by atoms with E-state index in [1.165, 1.54) is 17.0 Å². The van der Waals surface area contributed by atoms with Crippen LogP contribution in [0.3, 0.4) is 0 Å². The summed E-state index contributed by atoms with van der Waals surface area (Å²) in [4.78, 5) is 41.4. The lowest BCUT2D eigenvalue weighted by atomic mass is 10.1. The lowest BCUT2D eigenvalue weighted by Crippen LogP contribution is -2.35. The molecule has 2 N–H and O–H groups in total. The predicted octanol–water partition coefficient (Wildman–Crippen LogP) is 3.95. The molecule has 0 bridgehead atoms. The summed E-state index contributed by atoms with van der Waals surface area (Å²) in [6.07, 6.45) is -4.42. The van der Waals surface area contributed by atoms with Gasteiger partial charge < -0.3 is 15.0 Å². The number of hydrogen-bond donors (Lipinski definition) is 2. The van der Waals surface area contributed by atoms with E-state index in [1.807, 2.05) is 6.92 Å². The Labute approximate surface area is 186 Å². The lowest BCUT2D eigenvalue weighted by molar-refractivity contribution is -0.137. The van der Waals surface area contributed by atoms with Crippen LogP contribution in [0.1, 0.15) is 43.3 Å². The zero-order chi connectivity index (χ0) is 23.9. The molecule has 2 aromatic heterocycles. The lowest BCUT2D eigenvalue weighted by Gasteiger charge is -2.20. The number of carbonyl (C=O) groups excluding carboxylic acids is 1. The molecule has 0 radical (unpaired) electrons. The van der Waals surface area contributed by atoms with E-state index in [4.69, 9.17) is 4.74 Å². The van der Waals surface area contributed by atoms with Crippen molar-refractivity contribution < 1.29 is 22.7 Å². The molecule has 4 rings (SSSR count). The van der Waals surface area contributed by atoms with Gasteiger partial charge in [0, 0.05) is 11.1 Å². The van der Waals surface area contributed by atoms with Gasteiger partial charge in [-0.15, -0.1) is 0 Å². The average molecular weight is 462 g/mol. The van der Waals surface area contributed by atoms with Crippen LogP contribution in [0, 0.1) is 6.92 Å². The maximum atomic E-state index is 13.1. The molecule has 1 fully saturated rings. The molecule has 1 aliphatic heterocycles. The molecular formula is C21H21F3N6O3. The Kier molecular flexibility index (Phi) is 5.68. The van der Waals surface area contributed by atoms with E-state index in [9.17, 15) is 22.8 Å². The van der Waals surface area contributed by atoms with Crippen molar-refractivity contribution in [3.63, 3.8) is 0 Å². The Balaban J connectivity index is 1.66. The second-order valence-corrected chi connectivity index (χ2v) is 7.73. The minimum Gasteiger partial charge on any atom is -0.447 e. The zero-order valence-corrected chi connectivity index (χ0v) is 18.0. The van der Waals surface area contributed by atoms with Gasteiger partial charge in [0.05, 0.1) is 17.6 Å². The first-order chi connectivity index (χ1) is 15.6. The summed E-state index contributed by atoms with van der Waals surface area (Å²) in [6, 6.07) is 3.66. The number of hydrogen-bond acceptors (Lipinski definition) is 7. The number of aryl methyl sites for hydroxylation is 1. The number of anilines is 2. The van der Waals surface area contributed by atoms with Crippen LogP contribution in [0.15, 0.2) is 29.1 Å². The van der Waals surface area contributed by atoms with Gasteiger partial charge >= 0.3 is 12.3 Å². The number of amides is 1. The molecule has 3 heterocycles. The topological polar surface area (TPSA) is 113 Å². The molecule has 0 unspecified atom stereocenters. The van der Waals surface area contributed by atoms with Gasteiger partial charge in [0.25, 0.3) is 5.56 Å². The fourth-order valence-corrected chi connectivity index (χ4v) is 3.64. The van der Waals surface area contributed by atoms with Crippen molar-refractivity contribution in [3.8, 4) is 0 Å². The van der Waals surface area contributed by atoms with Gasteiger partial charge in [0.15, 0.2) is 0 Å². The highest BCUT2D eigenvalue weighted by Gasteiger charge is 2.35. The van der Waals surface area contributed by atoms with Crippen LogP contribution in [0.5, 0.6) is 0 Å². The number of fused-ring (bicyclic) bond motifs is 1. The summed E-state index contributed by atoms with van der Waals surface area (Å²) in [7, 11) is 0. The van der Waals surface area contributed by atoms with Crippen LogP contribution in [-0.2, 0) is 10.9 Å². The van der Waals surface area contributed by atoms with Crippen molar-refractivity contribution in [1.29, 1.82) is 0 Å². The van der Waals surface area contributed by atoms with Crippen molar-refractivity contribution in [2.24, 2.45) is 0 Å². The van der Waals surface area contributed by atoms with Gasteiger partial charge in [0.1, 0.15) is 12.4 Å². The van der Waals surface area contributed by atoms with Crippen LogP contribution in [0.4, 0.5) is 29.9 Å². The number of benzene rings is 1. The third kappa shape index (κ3) is 4.45. The van der Waals surface area contributed by atoms with Crippen LogP contribution < -0.4 is 15.8 Å². The monoisotopic (exact) mass is 462 g/mol. The van der Waals surface area contributed by atoms with E-state index in [0.717, 1.165) is 12.1 Å². The summed E-state index contributed by atoms with van der Waals surface area (Å²) >= 11 is 0. The van der Waals surface area contributed by atoms with Crippen molar-refractivity contribution >= 4 is 28.9 Å². The number of ether oxygens (including phenoxy) is 1. The molecule has 1 aliphatic rings. The van der Waals surface area contributed by atoms with Crippen LogP contribution in [-0.4, -0.2) is 38.7 Å². The Morgan fingerprint density at radius 3 is 2.70 bits per heavy atom. The highest BCUT2D eigenvalue weighted by molar-refractivity contribution is 5.88. The quantitative estimate of drug-likeness (QED) is 0.590. The van der Waals surface area contributed by atoms with E-state index < -0.39 is 29.4 Å². The second kappa shape index (κ2) is 8.34. The fraction of sp³-hybridized carbons (Fsp3) is 0.381. The number of halogens is 3. The van der Waals surface area contributed by atoms with E-state index >= 15 is 0 Å². The summed E-state index contributed by atoms with van der Waals surface area (Å²) < 4.78 is 44.3. The third-order valence-electron chi connectivity index (χ3n) is 5.40. The average Bonchev–Trinajstić information content (AvgIpc) is 3.12. The number of cyclic esters (lactones) is 1. The Morgan fingerprint density at radius 1 is 1.24 bits per heavy atom. The molecule has 9 nitrogen and oxygen atoms in total. The molecule has 1 amide bonds.